The maximum Gasteiger partial charge on any atom is 0.103 e. The largest absolute Gasteiger partial charge is 0.387 e. The molecule has 0 bridgehead atoms. The maximum atomic E-state index is 5.58. The molecule has 2 heteroatoms. The Balaban J connectivity index is 3.07. The number of aliphatic imine (C=N–C) groups is 1. The van der Waals surface area contributed by atoms with Crippen LogP contribution in [0.1, 0.15) is 13.3 Å². The molecular weight excluding hydrogens is 136 g/mol. The summed E-state index contributed by atoms with van der Waals surface area (Å²) in [6.07, 6.45) is 6.47. The number of amidine groups is 1. The molecule has 0 fully saturated rings. The minimum absolute atomic E-state index is 0.646. The van der Waals surface area contributed by atoms with Crippen LogP contribution in [0.2, 0.25) is 0 Å². The SMILES string of the molecule is C=CC1=C(C)C=CCC(N)=N1. The van der Waals surface area contributed by atoms with Crippen molar-refractivity contribution >= 4 is 5.84 Å². The zero-order chi connectivity index (χ0) is 8.27. The second-order valence-electron chi connectivity index (χ2n) is 2.48. The highest BCUT2D eigenvalue weighted by atomic mass is 14.9. The number of allylic oxidation sites excluding steroid dienone is 3. The van der Waals surface area contributed by atoms with Gasteiger partial charge in [-0.15, -0.1) is 0 Å². The lowest BCUT2D eigenvalue weighted by Gasteiger charge is -1.96. The van der Waals surface area contributed by atoms with Crippen molar-refractivity contribution in [3.63, 3.8) is 0 Å². The van der Waals surface area contributed by atoms with Crippen LogP contribution in [0.5, 0.6) is 0 Å². The van der Waals surface area contributed by atoms with Gasteiger partial charge in [0.15, 0.2) is 0 Å². The second-order valence-corrected chi connectivity index (χ2v) is 2.48. The van der Waals surface area contributed by atoms with Gasteiger partial charge in [-0.05, 0) is 18.6 Å². The Labute approximate surface area is 66.8 Å². The van der Waals surface area contributed by atoms with Crippen molar-refractivity contribution in [2.45, 2.75) is 13.3 Å². The number of hydrogen-bond donors (Lipinski definition) is 1. The van der Waals surface area contributed by atoms with Crippen molar-refractivity contribution in [1.82, 2.24) is 0 Å². The van der Waals surface area contributed by atoms with Crippen molar-refractivity contribution in [1.29, 1.82) is 0 Å². The van der Waals surface area contributed by atoms with Gasteiger partial charge < -0.3 is 5.73 Å². The molecule has 2 nitrogen and oxygen atoms in total. The van der Waals surface area contributed by atoms with Crippen LogP contribution in [0.25, 0.3) is 0 Å². The fraction of sp³-hybridized carbons (Fsp3) is 0.222. The van der Waals surface area contributed by atoms with E-state index in [1.807, 2.05) is 19.1 Å². The van der Waals surface area contributed by atoms with Gasteiger partial charge in [-0.1, -0.05) is 18.7 Å². The Hall–Kier alpha value is -1.31. The molecule has 0 amide bonds. The van der Waals surface area contributed by atoms with E-state index in [4.69, 9.17) is 5.73 Å². The van der Waals surface area contributed by atoms with Crippen LogP contribution in [0.4, 0.5) is 0 Å². The minimum atomic E-state index is 0.646. The molecule has 0 saturated carbocycles. The smallest absolute Gasteiger partial charge is 0.103 e. The van der Waals surface area contributed by atoms with Crippen molar-refractivity contribution in [3.8, 4) is 0 Å². The fourth-order valence-electron chi connectivity index (χ4n) is 0.937. The molecule has 2 N–H and O–H groups in total. The van der Waals surface area contributed by atoms with Crippen molar-refractivity contribution in [2.24, 2.45) is 10.7 Å². The summed E-state index contributed by atoms with van der Waals surface area (Å²) in [7, 11) is 0. The predicted octanol–water partition coefficient (Wildman–Crippen LogP) is 1.76. The lowest BCUT2D eigenvalue weighted by molar-refractivity contribution is 1.30. The molecule has 0 aliphatic carbocycles. The van der Waals surface area contributed by atoms with Gasteiger partial charge in [-0.3, -0.25) is 0 Å². The highest BCUT2D eigenvalue weighted by Crippen LogP contribution is 2.11. The highest BCUT2D eigenvalue weighted by molar-refractivity contribution is 5.83. The van der Waals surface area contributed by atoms with E-state index in [9.17, 15) is 0 Å². The quantitative estimate of drug-likeness (QED) is 0.604. The molecule has 0 radical (unpaired) electrons. The first-order valence-electron chi connectivity index (χ1n) is 3.57. The van der Waals surface area contributed by atoms with Gasteiger partial charge in [-0.2, -0.15) is 0 Å². The van der Waals surface area contributed by atoms with Gasteiger partial charge in [0.05, 0.1) is 5.70 Å². The Morgan fingerprint density at radius 2 is 2.45 bits per heavy atom. The molecule has 0 atom stereocenters. The number of hydrogen-bond acceptors (Lipinski definition) is 2. The second kappa shape index (κ2) is 3.19. The van der Waals surface area contributed by atoms with Crippen LogP contribution in [-0.2, 0) is 0 Å². The first kappa shape index (κ1) is 7.79. The molecule has 0 spiro atoms. The van der Waals surface area contributed by atoms with E-state index in [2.05, 4.69) is 11.6 Å². The summed E-state index contributed by atoms with van der Waals surface area (Å²) in [4.78, 5) is 4.17. The molecule has 1 heterocycles. The van der Waals surface area contributed by atoms with E-state index in [1.165, 1.54) is 0 Å². The number of nitrogens with two attached hydrogens (primary N) is 1. The van der Waals surface area contributed by atoms with Crippen molar-refractivity contribution < 1.29 is 0 Å². The molecule has 1 aliphatic heterocycles. The van der Waals surface area contributed by atoms with Gasteiger partial charge in [0.25, 0.3) is 0 Å². The summed E-state index contributed by atoms with van der Waals surface area (Å²) in [5.74, 6) is 0.646. The molecule has 0 aromatic rings. The molecule has 0 saturated heterocycles. The number of nitrogens with zero attached hydrogens (tertiary/aromatic N) is 1. The fourth-order valence-corrected chi connectivity index (χ4v) is 0.937. The molecule has 1 aliphatic rings. The lowest BCUT2D eigenvalue weighted by atomic mass is 10.2. The van der Waals surface area contributed by atoms with Crippen LogP contribution in [0.15, 0.2) is 41.1 Å². The van der Waals surface area contributed by atoms with Gasteiger partial charge >= 0.3 is 0 Å². The standard InChI is InChI=1S/C9H12N2/c1-3-8-7(2)5-4-6-9(10)11-8/h3-5H,1,6H2,2H3,(H2,10,11). The van der Waals surface area contributed by atoms with E-state index >= 15 is 0 Å². The third-order valence-electron chi connectivity index (χ3n) is 1.56. The van der Waals surface area contributed by atoms with Crippen LogP contribution >= 0.6 is 0 Å². The average Bonchev–Trinajstić information content (AvgIpc) is 2.13. The Bertz CT molecular complexity index is 257. The van der Waals surface area contributed by atoms with Gasteiger partial charge in [0.1, 0.15) is 5.84 Å². The first-order valence-corrected chi connectivity index (χ1v) is 3.57. The van der Waals surface area contributed by atoms with Crippen LogP contribution < -0.4 is 5.73 Å². The Kier molecular flexibility index (Phi) is 2.26. The molecule has 0 aromatic carbocycles. The average molecular weight is 148 g/mol. The van der Waals surface area contributed by atoms with E-state index < -0.39 is 0 Å². The van der Waals surface area contributed by atoms with Crippen LogP contribution in [0, 0.1) is 0 Å². The minimum Gasteiger partial charge on any atom is -0.387 e. The van der Waals surface area contributed by atoms with Gasteiger partial charge in [-0.25, -0.2) is 4.99 Å². The van der Waals surface area contributed by atoms with Crippen molar-refractivity contribution in [2.75, 3.05) is 0 Å². The Morgan fingerprint density at radius 3 is 3.09 bits per heavy atom. The summed E-state index contributed by atoms with van der Waals surface area (Å²) < 4.78 is 0. The van der Waals surface area contributed by atoms with E-state index in [0.29, 0.717) is 5.84 Å². The maximum absolute atomic E-state index is 5.58. The van der Waals surface area contributed by atoms with E-state index in [1.54, 1.807) is 6.08 Å². The molecule has 0 unspecified atom stereocenters. The monoisotopic (exact) mass is 148 g/mol. The zero-order valence-corrected chi connectivity index (χ0v) is 6.67. The zero-order valence-electron chi connectivity index (χ0n) is 6.67. The summed E-state index contributed by atoms with van der Waals surface area (Å²) in [5.41, 5.74) is 7.56. The topological polar surface area (TPSA) is 38.4 Å². The van der Waals surface area contributed by atoms with Crippen LogP contribution in [0.3, 0.4) is 0 Å². The third-order valence-corrected chi connectivity index (χ3v) is 1.56. The molecule has 0 aromatic heterocycles. The van der Waals surface area contributed by atoms with Crippen LogP contribution in [-0.4, -0.2) is 5.84 Å². The first-order chi connectivity index (χ1) is 5.24. The lowest BCUT2D eigenvalue weighted by Crippen LogP contribution is -2.09. The van der Waals surface area contributed by atoms with E-state index in [0.717, 1.165) is 17.7 Å². The molecule has 11 heavy (non-hydrogen) atoms. The predicted molar refractivity (Wildman–Crippen MR) is 48.3 cm³/mol. The van der Waals surface area contributed by atoms with E-state index in [-0.39, 0.29) is 0 Å². The van der Waals surface area contributed by atoms with Crippen molar-refractivity contribution in [3.05, 3.63) is 36.1 Å². The molecule has 1 rings (SSSR count). The third kappa shape index (κ3) is 1.80. The Morgan fingerprint density at radius 1 is 1.73 bits per heavy atom. The summed E-state index contributed by atoms with van der Waals surface area (Å²) in [5, 5.41) is 0. The summed E-state index contributed by atoms with van der Waals surface area (Å²) >= 11 is 0. The van der Waals surface area contributed by atoms with Gasteiger partial charge in [0, 0.05) is 6.42 Å². The normalized spacial score (nSPS) is 17.7. The number of rotatable bonds is 1. The summed E-state index contributed by atoms with van der Waals surface area (Å²) in [6, 6.07) is 0. The molecular formula is C9H12N2. The summed E-state index contributed by atoms with van der Waals surface area (Å²) in [6.45, 7) is 5.65. The molecule has 58 valence electrons. The highest BCUT2D eigenvalue weighted by Gasteiger charge is 1.99. The van der Waals surface area contributed by atoms with Gasteiger partial charge in [0.2, 0.25) is 0 Å².